The number of rotatable bonds is 10. The van der Waals surface area contributed by atoms with Crippen molar-refractivity contribution < 1.29 is 18.7 Å². The van der Waals surface area contributed by atoms with Crippen LogP contribution in [0.3, 0.4) is 0 Å². The summed E-state index contributed by atoms with van der Waals surface area (Å²) in [6.07, 6.45) is 1.42. The number of methoxy groups -OCH3 is 1. The molecule has 1 heterocycles. The molecule has 0 aliphatic heterocycles. The minimum Gasteiger partial charge on any atom is -0.464 e. The summed E-state index contributed by atoms with van der Waals surface area (Å²) in [5.74, 6) is -0.542. The standard InChI is InChI=1S/C30H30N2O5/c1-22-13-14-27-26(17-22)29(34)25(21-37-27)19-32(18-23-9-5-3-6-10-23)28(33)20-31(15-16-36-2)30(35)24-11-7-4-8-12-24/h3-14,17,21H,15-16,18-20H2,1-2H3. The lowest BCUT2D eigenvalue weighted by atomic mass is 10.1. The maximum absolute atomic E-state index is 13.6. The lowest BCUT2D eigenvalue weighted by Gasteiger charge is -2.28. The Kier molecular flexibility index (Phi) is 8.48. The Labute approximate surface area is 215 Å². The molecular weight excluding hydrogens is 468 g/mol. The number of hydrogen-bond acceptors (Lipinski definition) is 5. The molecule has 0 bridgehead atoms. The van der Waals surface area contributed by atoms with Crippen LogP contribution in [0.5, 0.6) is 0 Å². The van der Waals surface area contributed by atoms with Crippen LogP contribution in [0.2, 0.25) is 0 Å². The topological polar surface area (TPSA) is 80.1 Å². The van der Waals surface area contributed by atoms with Gasteiger partial charge in [-0.3, -0.25) is 14.4 Å². The molecular formula is C30H30N2O5. The number of nitrogens with zero attached hydrogens (tertiary/aromatic N) is 2. The van der Waals surface area contributed by atoms with E-state index in [9.17, 15) is 14.4 Å². The van der Waals surface area contributed by atoms with Gasteiger partial charge >= 0.3 is 0 Å². The Morgan fingerprint density at radius 1 is 0.892 bits per heavy atom. The van der Waals surface area contributed by atoms with Gasteiger partial charge < -0.3 is 19.0 Å². The quantitative estimate of drug-likeness (QED) is 0.323. The van der Waals surface area contributed by atoms with Crippen molar-refractivity contribution >= 4 is 22.8 Å². The molecule has 0 spiro atoms. The van der Waals surface area contributed by atoms with E-state index in [-0.39, 0.29) is 50.0 Å². The summed E-state index contributed by atoms with van der Waals surface area (Å²) >= 11 is 0. The summed E-state index contributed by atoms with van der Waals surface area (Å²) in [6.45, 7) is 2.64. The van der Waals surface area contributed by atoms with E-state index in [2.05, 4.69) is 0 Å². The Morgan fingerprint density at radius 2 is 1.59 bits per heavy atom. The second kappa shape index (κ2) is 12.1. The van der Waals surface area contributed by atoms with Crippen LogP contribution < -0.4 is 5.43 Å². The minimum atomic E-state index is -0.284. The number of ether oxygens (including phenoxy) is 1. The maximum Gasteiger partial charge on any atom is 0.254 e. The first kappa shape index (κ1) is 25.9. The number of carbonyl (C=O) groups is 2. The lowest BCUT2D eigenvalue weighted by Crippen LogP contribution is -2.44. The van der Waals surface area contributed by atoms with Gasteiger partial charge in [0.1, 0.15) is 12.1 Å². The molecule has 37 heavy (non-hydrogen) atoms. The average molecular weight is 499 g/mol. The summed E-state index contributed by atoms with van der Waals surface area (Å²) in [5, 5.41) is 0.477. The summed E-state index contributed by atoms with van der Waals surface area (Å²) < 4.78 is 10.9. The van der Waals surface area contributed by atoms with Gasteiger partial charge in [-0.05, 0) is 36.8 Å². The van der Waals surface area contributed by atoms with Gasteiger partial charge in [0.15, 0.2) is 5.43 Å². The first-order valence-electron chi connectivity index (χ1n) is 12.1. The summed E-state index contributed by atoms with van der Waals surface area (Å²) in [5.41, 5.74) is 3.05. The normalized spacial score (nSPS) is 10.9. The highest BCUT2D eigenvalue weighted by molar-refractivity contribution is 5.96. The van der Waals surface area contributed by atoms with Crippen molar-refractivity contribution in [3.63, 3.8) is 0 Å². The van der Waals surface area contributed by atoms with Gasteiger partial charge in [0.2, 0.25) is 5.91 Å². The van der Waals surface area contributed by atoms with Gasteiger partial charge in [0.25, 0.3) is 5.91 Å². The summed E-state index contributed by atoms with van der Waals surface area (Å²) in [6, 6.07) is 23.8. The molecule has 1 aromatic heterocycles. The number of benzene rings is 3. The van der Waals surface area contributed by atoms with Crippen molar-refractivity contribution in [1.29, 1.82) is 0 Å². The SMILES string of the molecule is COCCN(CC(=O)N(Cc1ccccc1)Cc1coc2ccc(C)cc2c1=O)C(=O)c1ccccc1. The Hall–Kier alpha value is -4.23. The van der Waals surface area contributed by atoms with E-state index in [1.807, 2.05) is 49.4 Å². The van der Waals surface area contributed by atoms with Crippen molar-refractivity contribution in [2.75, 3.05) is 26.8 Å². The van der Waals surface area contributed by atoms with Crippen LogP contribution in [0.1, 0.15) is 27.0 Å². The Bertz CT molecular complexity index is 1420. The predicted octanol–water partition coefficient (Wildman–Crippen LogP) is 4.42. The third-order valence-electron chi connectivity index (χ3n) is 6.13. The number of hydrogen-bond donors (Lipinski definition) is 0. The highest BCUT2D eigenvalue weighted by Gasteiger charge is 2.24. The third kappa shape index (κ3) is 6.51. The zero-order valence-corrected chi connectivity index (χ0v) is 21.1. The molecule has 190 valence electrons. The molecule has 2 amide bonds. The molecule has 0 aliphatic rings. The van der Waals surface area contributed by atoms with Crippen molar-refractivity contribution in [3.8, 4) is 0 Å². The van der Waals surface area contributed by atoms with E-state index < -0.39 is 0 Å². The fourth-order valence-corrected chi connectivity index (χ4v) is 4.12. The number of carbonyl (C=O) groups excluding carboxylic acids is 2. The zero-order chi connectivity index (χ0) is 26.2. The average Bonchev–Trinajstić information content (AvgIpc) is 2.93. The van der Waals surface area contributed by atoms with Crippen LogP contribution in [0.4, 0.5) is 0 Å². The summed E-state index contributed by atoms with van der Waals surface area (Å²) in [7, 11) is 1.55. The molecule has 0 saturated carbocycles. The van der Waals surface area contributed by atoms with Gasteiger partial charge in [-0.1, -0.05) is 60.2 Å². The Morgan fingerprint density at radius 3 is 2.30 bits per heavy atom. The van der Waals surface area contributed by atoms with E-state index in [0.717, 1.165) is 11.1 Å². The van der Waals surface area contributed by atoms with E-state index in [4.69, 9.17) is 9.15 Å². The zero-order valence-electron chi connectivity index (χ0n) is 21.1. The van der Waals surface area contributed by atoms with Gasteiger partial charge in [-0.2, -0.15) is 0 Å². The van der Waals surface area contributed by atoms with E-state index in [0.29, 0.717) is 22.1 Å². The number of fused-ring (bicyclic) bond motifs is 1. The fraction of sp³-hybridized carbons (Fsp3) is 0.233. The first-order chi connectivity index (χ1) is 18.0. The molecule has 0 unspecified atom stereocenters. The van der Waals surface area contributed by atoms with Gasteiger partial charge in [-0.25, -0.2) is 0 Å². The first-order valence-corrected chi connectivity index (χ1v) is 12.1. The lowest BCUT2D eigenvalue weighted by molar-refractivity contribution is -0.133. The second-order valence-electron chi connectivity index (χ2n) is 8.91. The van der Waals surface area contributed by atoms with Crippen LogP contribution in [0, 0.1) is 6.92 Å². The molecule has 3 aromatic carbocycles. The molecule has 0 radical (unpaired) electrons. The molecule has 0 atom stereocenters. The highest BCUT2D eigenvalue weighted by atomic mass is 16.5. The molecule has 4 rings (SSSR count). The largest absolute Gasteiger partial charge is 0.464 e. The fourth-order valence-electron chi connectivity index (χ4n) is 4.12. The van der Waals surface area contributed by atoms with Gasteiger partial charge in [0.05, 0.1) is 30.4 Å². The minimum absolute atomic E-state index is 0.0532. The predicted molar refractivity (Wildman–Crippen MR) is 142 cm³/mol. The van der Waals surface area contributed by atoms with Crippen LogP contribution in [0.25, 0.3) is 11.0 Å². The van der Waals surface area contributed by atoms with Crippen molar-refractivity contribution in [2.45, 2.75) is 20.0 Å². The monoisotopic (exact) mass is 498 g/mol. The van der Waals surface area contributed by atoms with Gasteiger partial charge in [0, 0.05) is 25.8 Å². The third-order valence-corrected chi connectivity index (χ3v) is 6.13. The number of aryl methyl sites for hydroxylation is 1. The van der Waals surface area contributed by atoms with Crippen molar-refractivity contribution in [2.24, 2.45) is 0 Å². The highest BCUT2D eigenvalue weighted by Crippen LogP contribution is 2.16. The van der Waals surface area contributed by atoms with Crippen molar-refractivity contribution in [1.82, 2.24) is 9.80 Å². The molecule has 0 aliphatic carbocycles. The van der Waals surface area contributed by atoms with Crippen LogP contribution in [-0.4, -0.2) is 48.4 Å². The molecule has 0 N–H and O–H groups in total. The van der Waals surface area contributed by atoms with E-state index in [1.54, 1.807) is 48.4 Å². The molecule has 4 aromatic rings. The van der Waals surface area contributed by atoms with Crippen molar-refractivity contribution in [3.05, 3.63) is 118 Å². The van der Waals surface area contributed by atoms with E-state index in [1.165, 1.54) is 11.2 Å². The number of amides is 2. The van der Waals surface area contributed by atoms with Crippen LogP contribution in [-0.2, 0) is 22.6 Å². The van der Waals surface area contributed by atoms with Crippen LogP contribution >= 0.6 is 0 Å². The summed E-state index contributed by atoms with van der Waals surface area (Å²) in [4.78, 5) is 43.2. The molecule has 7 nitrogen and oxygen atoms in total. The van der Waals surface area contributed by atoms with Crippen LogP contribution in [0.15, 0.2) is 94.3 Å². The smallest absolute Gasteiger partial charge is 0.254 e. The second-order valence-corrected chi connectivity index (χ2v) is 8.91. The molecule has 0 saturated heterocycles. The molecule has 0 fully saturated rings. The van der Waals surface area contributed by atoms with Gasteiger partial charge in [-0.15, -0.1) is 0 Å². The maximum atomic E-state index is 13.6. The Balaban J connectivity index is 1.63. The van der Waals surface area contributed by atoms with E-state index >= 15 is 0 Å². The molecule has 7 heteroatoms.